The van der Waals surface area contributed by atoms with Gasteiger partial charge in [-0.25, -0.2) is 0 Å². The largest absolute Gasteiger partial charge is 0.417 e. The fourth-order valence-corrected chi connectivity index (χ4v) is 3.15. The predicted molar refractivity (Wildman–Crippen MR) is 97.7 cm³/mol. The molecule has 136 valence electrons. The Kier molecular flexibility index (Phi) is 5.29. The van der Waals surface area contributed by atoms with Crippen LogP contribution < -0.4 is 0 Å². The van der Waals surface area contributed by atoms with Gasteiger partial charge in [-0.05, 0) is 30.3 Å². The molecule has 3 nitrogen and oxygen atoms in total. The molecule has 0 aliphatic heterocycles. The van der Waals surface area contributed by atoms with Crippen molar-refractivity contribution in [2.75, 3.05) is 0 Å². The molecule has 1 aromatic carbocycles. The molecule has 0 aliphatic carbocycles. The Balaban J connectivity index is 2.09. The van der Waals surface area contributed by atoms with Crippen molar-refractivity contribution in [2.24, 2.45) is 0 Å². The van der Waals surface area contributed by atoms with E-state index in [-0.39, 0.29) is 16.3 Å². The van der Waals surface area contributed by atoms with Crippen molar-refractivity contribution >= 4 is 34.8 Å². The minimum absolute atomic E-state index is 0.0856. The van der Waals surface area contributed by atoms with E-state index in [9.17, 15) is 18.4 Å². The molecular formula is C18H7Cl3F3N3. The second kappa shape index (κ2) is 7.35. The predicted octanol–water partition coefficient (Wildman–Crippen LogP) is 6.66. The van der Waals surface area contributed by atoms with E-state index in [2.05, 4.69) is 9.97 Å². The highest BCUT2D eigenvalue weighted by Gasteiger charge is 2.31. The van der Waals surface area contributed by atoms with Crippen LogP contribution in [0, 0.1) is 11.3 Å². The number of aromatic nitrogens is 2. The summed E-state index contributed by atoms with van der Waals surface area (Å²) in [6.07, 6.45) is -2.51. The summed E-state index contributed by atoms with van der Waals surface area (Å²) < 4.78 is 38.3. The van der Waals surface area contributed by atoms with Crippen LogP contribution in [0.2, 0.25) is 15.1 Å². The van der Waals surface area contributed by atoms with Crippen molar-refractivity contribution in [1.82, 2.24) is 9.97 Å². The van der Waals surface area contributed by atoms with Crippen LogP contribution in [0.15, 0.2) is 42.7 Å². The molecule has 0 spiro atoms. The van der Waals surface area contributed by atoms with Crippen molar-refractivity contribution in [3.8, 4) is 28.6 Å². The minimum Gasteiger partial charge on any atom is -0.254 e. The van der Waals surface area contributed by atoms with Gasteiger partial charge in [0.15, 0.2) is 0 Å². The van der Waals surface area contributed by atoms with Crippen LogP contribution in [0.5, 0.6) is 0 Å². The smallest absolute Gasteiger partial charge is 0.254 e. The van der Waals surface area contributed by atoms with E-state index >= 15 is 0 Å². The topological polar surface area (TPSA) is 49.6 Å². The second-order valence-electron chi connectivity index (χ2n) is 5.41. The highest BCUT2D eigenvalue weighted by Crippen LogP contribution is 2.36. The van der Waals surface area contributed by atoms with Gasteiger partial charge in [0.05, 0.1) is 32.6 Å². The lowest BCUT2D eigenvalue weighted by Crippen LogP contribution is -2.06. The molecule has 0 bridgehead atoms. The average Bonchev–Trinajstić information content (AvgIpc) is 2.60. The number of benzene rings is 1. The summed E-state index contributed by atoms with van der Waals surface area (Å²) in [4.78, 5) is 8.01. The molecule has 0 saturated carbocycles. The van der Waals surface area contributed by atoms with Crippen LogP contribution in [0.1, 0.15) is 11.1 Å². The lowest BCUT2D eigenvalue weighted by molar-refractivity contribution is -0.137. The van der Waals surface area contributed by atoms with Gasteiger partial charge in [0.25, 0.3) is 0 Å². The maximum Gasteiger partial charge on any atom is 0.417 e. The van der Waals surface area contributed by atoms with Gasteiger partial charge in [-0.15, -0.1) is 0 Å². The quantitative estimate of drug-likeness (QED) is 0.458. The van der Waals surface area contributed by atoms with Gasteiger partial charge in [-0.1, -0.05) is 34.8 Å². The molecule has 9 heteroatoms. The molecule has 0 amide bonds. The van der Waals surface area contributed by atoms with E-state index in [1.807, 2.05) is 6.07 Å². The summed E-state index contributed by atoms with van der Waals surface area (Å²) >= 11 is 18.0. The van der Waals surface area contributed by atoms with Crippen LogP contribution in [0.3, 0.4) is 0 Å². The van der Waals surface area contributed by atoms with Crippen LogP contribution in [0.4, 0.5) is 13.2 Å². The molecule has 0 aliphatic rings. The van der Waals surface area contributed by atoms with E-state index in [1.54, 1.807) is 12.1 Å². The first kappa shape index (κ1) is 19.4. The third-order valence-corrected chi connectivity index (χ3v) is 4.47. The lowest BCUT2D eigenvalue weighted by Gasteiger charge is -2.11. The second-order valence-corrected chi connectivity index (χ2v) is 6.66. The number of pyridine rings is 2. The SMILES string of the molecule is N#Cc1cc(-c2ncc(C(F)(F)F)cc2Cl)cnc1-c1ccc(Cl)cc1Cl. The zero-order chi connectivity index (χ0) is 19.8. The highest BCUT2D eigenvalue weighted by atomic mass is 35.5. The van der Waals surface area contributed by atoms with Crippen LogP contribution in [0.25, 0.3) is 22.5 Å². The van der Waals surface area contributed by atoms with Gasteiger partial charge in [0.1, 0.15) is 6.07 Å². The standard InChI is InChI=1S/C18H7Cl3F3N3/c19-12-1-2-13(14(20)5-12)16-9(6-25)3-10(7-26-16)17-15(21)4-11(8-27-17)18(22,23)24/h1-5,7-8H. The van der Waals surface area contributed by atoms with Crippen molar-refractivity contribution in [2.45, 2.75) is 6.18 Å². The molecular weight excluding hydrogens is 422 g/mol. The van der Waals surface area contributed by atoms with Crippen molar-refractivity contribution in [1.29, 1.82) is 5.26 Å². The Morgan fingerprint density at radius 3 is 2.19 bits per heavy atom. The molecule has 27 heavy (non-hydrogen) atoms. The zero-order valence-corrected chi connectivity index (χ0v) is 15.4. The van der Waals surface area contributed by atoms with Gasteiger partial charge in [-0.2, -0.15) is 18.4 Å². The molecule has 0 atom stereocenters. The lowest BCUT2D eigenvalue weighted by atomic mass is 10.0. The zero-order valence-electron chi connectivity index (χ0n) is 13.2. The van der Waals surface area contributed by atoms with Crippen LogP contribution in [-0.4, -0.2) is 9.97 Å². The Morgan fingerprint density at radius 2 is 1.59 bits per heavy atom. The highest BCUT2D eigenvalue weighted by molar-refractivity contribution is 6.36. The molecule has 0 N–H and O–H groups in total. The number of hydrogen-bond donors (Lipinski definition) is 0. The van der Waals surface area contributed by atoms with Crippen molar-refractivity contribution in [3.63, 3.8) is 0 Å². The van der Waals surface area contributed by atoms with E-state index in [0.717, 1.165) is 6.07 Å². The summed E-state index contributed by atoms with van der Waals surface area (Å²) in [6, 6.07) is 8.96. The average molecular weight is 429 g/mol. The molecule has 3 aromatic rings. The molecule has 2 heterocycles. The van der Waals surface area contributed by atoms with Crippen molar-refractivity contribution in [3.05, 3.63) is 68.9 Å². The molecule has 0 radical (unpaired) electrons. The Hall–Kier alpha value is -2.33. The maximum atomic E-state index is 12.8. The molecule has 3 rings (SSSR count). The number of nitriles is 1. The molecule has 0 unspecified atom stereocenters. The van der Waals surface area contributed by atoms with E-state index < -0.39 is 11.7 Å². The Bertz CT molecular complexity index is 1080. The summed E-state index contributed by atoms with van der Waals surface area (Å²) in [5.74, 6) is 0. The summed E-state index contributed by atoms with van der Waals surface area (Å²) in [7, 11) is 0. The maximum absolute atomic E-state index is 12.8. The molecule has 0 fully saturated rings. The normalized spacial score (nSPS) is 11.3. The van der Waals surface area contributed by atoms with Gasteiger partial charge in [0, 0.05) is 28.5 Å². The third kappa shape index (κ3) is 4.01. The summed E-state index contributed by atoms with van der Waals surface area (Å²) in [5, 5.41) is 9.99. The number of rotatable bonds is 2. The van der Waals surface area contributed by atoms with Crippen LogP contribution in [-0.2, 0) is 6.18 Å². The van der Waals surface area contributed by atoms with Gasteiger partial charge < -0.3 is 0 Å². The molecule has 2 aromatic heterocycles. The number of hydrogen-bond acceptors (Lipinski definition) is 3. The monoisotopic (exact) mass is 427 g/mol. The summed E-state index contributed by atoms with van der Waals surface area (Å²) in [6.45, 7) is 0. The number of nitrogens with zero attached hydrogens (tertiary/aromatic N) is 3. The first-order chi connectivity index (χ1) is 12.7. The van der Waals surface area contributed by atoms with Gasteiger partial charge >= 0.3 is 6.18 Å². The fourth-order valence-electron chi connectivity index (χ4n) is 2.38. The number of alkyl halides is 3. The first-order valence-corrected chi connectivity index (χ1v) is 8.43. The number of halogens is 6. The van der Waals surface area contributed by atoms with Crippen molar-refractivity contribution < 1.29 is 13.2 Å². The van der Waals surface area contributed by atoms with E-state index in [4.69, 9.17) is 34.8 Å². The Labute approximate surface area is 167 Å². The third-order valence-electron chi connectivity index (χ3n) is 3.64. The first-order valence-electron chi connectivity index (χ1n) is 7.29. The van der Waals surface area contributed by atoms with Gasteiger partial charge in [0.2, 0.25) is 0 Å². The van der Waals surface area contributed by atoms with E-state index in [0.29, 0.717) is 33.1 Å². The Morgan fingerprint density at radius 1 is 0.889 bits per heavy atom. The fraction of sp³-hybridized carbons (Fsp3) is 0.0556. The van der Waals surface area contributed by atoms with E-state index in [1.165, 1.54) is 18.3 Å². The van der Waals surface area contributed by atoms with Gasteiger partial charge in [-0.3, -0.25) is 9.97 Å². The van der Waals surface area contributed by atoms with Crippen LogP contribution >= 0.6 is 34.8 Å². The minimum atomic E-state index is -4.56. The summed E-state index contributed by atoms with van der Waals surface area (Å²) in [5.41, 5.74) is 0.395. The molecule has 0 saturated heterocycles.